The molecule has 0 radical (unpaired) electrons. The van der Waals surface area contributed by atoms with Crippen molar-refractivity contribution in [1.82, 2.24) is 9.97 Å². The lowest BCUT2D eigenvalue weighted by Gasteiger charge is -2.04. The number of rotatable bonds is 12. The van der Waals surface area contributed by atoms with E-state index in [1.807, 2.05) is 12.1 Å². The Hall–Kier alpha value is -1.40. The molecule has 6 heteroatoms. The van der Waals surface area contributed by atoms with E-state index < -0.39 is 10.1 Å². The molecule has 0 atom stereocenters. The average Bonchev–Trinajstić information content (AvgIpc) is 3.02. The molecule has 5 nitrogen and oxygen atoms in total. The average molecular weight is 367 g/mol. The standard InChI is InChI=1S/C19H30N2O3S/c1-2-3-4-5-6-7-8-9-10-11-13-16-14-12-15-17-18(16)21-19(20-17)25(22,23)24/h12,14-15H,2-11,13H2,1H3,(H,20,21)(H,22,23,24). The second-order valence-corrected chi connectivity index (χ2v) is 8.10. The minimum absolute atomic E-state index is 0.377. The van der Waals surface area contributed by atoms with Crippen molar-refractivity contribution in [3.63, 3.8) is 0 Å². The summed E-state index contributed by atoms with van der Waals surface area (Å²) in [6, 6.07) is 5.64. The number of nitrogens with zero attached hydrogens (tertiary/aromatic N) is 1. The van der Waals surface area contributed by atoms with Gasteiger partial charge in [-0.25, -0.2) is 4.98 Å². The highest BCUT2D eigenvalue weighted by Crippen LogP contribution is 2.21. The van der Waals surface area contributed by atoms with Gasteiger partial charge in [-0.3, -0.25) is 4.55 Å². The minimum Gasteiger partial charge on any atom is -0.327 e. The summed E-state index contributed by atoms with van der Waals surface area (Å²) in [5, 5.41) is -0.377. The maximum Gasteiger partial charge on any atom is 0.328 e. The first-order valence-electron chi connectivity index (χ1n) is 9.47. The highest BCUT2D eigenvalue weighted by Gasteiger charge is 2.16. The number of para-hydroxylation sites is 1. The number of aromatic nitrogens is 2. The van der Waals surface area contributed by atoms with Crippen molar-refractivity contribution in [2.75, 3.05) is 0 Å². The third kappa shape index (κ3) is 6.44. The zero-order valence-electron chi connectivity index (χ0n) is 15.1. The predicted molar refractivity (Wildman–Crippen MR) is 101 cm³/mol. The molecule has 0 aliphatic heterocycles. The van der Waals surface area contributed by atoms with Crippen LogP contribution < -0.4 is 0 Å². The molecule has 2 aromatic rings. The predicted octanol–water partition coefficient (Wildman–Crippen LogP) is 5.27. The van der Waals surface area contributed by atoms with Crippen LogP contribution in [-0.4, -0.2) is 22.9 Å². The van der Waals surface area contributed by atoms with Gasteiger partial charge in [0.1, 0.15) is 0 Å². The van der Waals surface area contributed by atoms with Gasteiger partial charge in [0.25, 0.3) is 5.16 Å². The second-order valence-electron chi connectivity index (χ2n) is 6.76. The number of H-pyrrole nitrogens is 1. The Balaban J connectivity index is 1.73. The largest absolute Gasteiger partial charge is 0.328 e. The number of hydrogen-bond acceptors (Lipinski definition) is 3. The van der Waals surface area contributed by atoms with Crippen LogP contribution in [0.4, 0.5) is 0 Å². The summed E-state index contributed by atoms with van der Waals surface area (Å²) in [4.78, 5) is 6.72. The van der Waals surface area contributed by atoms with E-state index in [4.69, 9.17) is 4.55 Å². The van der Waals surface area contributed by atoms with E-state index >= 15 is 0 Å². The summed E-state index contributed by atoms with van der Waals surface area (Å²) in [5.41, 5.74) is 2.33. The molecule has 25 heavy (non-hydrogen) atoms. The molecule has 140 valence electrons. The smallest absolute Gasteiger partial charge is 0.327 e. The van der Waals surface area contributed by atoms with E-state index in [9.17, 15) is 8.42 Å². The summed E-state index contributed by atoms with van der Waals surface area (Å²) in [6.45, 7) is 2.24. The maximum absolute atomic E-state index is 11.2. The van der Waals surface area contributed by atoms with Crippen LogP contribution in [0.1, 0.15) is 76.7 Å². The fourth-order valence-electron chi connectivity index (χ4n) is 3.20. The SMILES string of the molecule is CCCCCCCCCCCCc1cccc2[nH]c(S(=O)(=O)O)nc12. The number of hydrogen-bond donors (Lipinski definition) is 2. The molecule has 1 heterocycles. The lowest BCUT2D eigenvalue weighted by molar-refractivity contribution is 0.476. The number of fused-ring (bicyclic) bond motifs is 1. The van der Waals surface area contributed by atoms with E-state index in [1.165, 1.54) is 57.8 Å². The van der Waals surface area contributed by atoms with Crippen molar-refractivity contribution in [3.05, 3.63) is 23.8 Å². The molecule has 0 aliphatic carbocycles. The molecule has 0 saturated carbocycles. The van der Waals surface area contributed by atoms with Gasteiger partial charge in [-0.15, -0.1) is 0 Å². The Morgan fingerprint density at radius 1 is 0.960 bits per heavy atom. The van der Waals surface area contributed by atoms with Crippen LogP contribution in [0.25, 0.3) is 11.0 Å². The van der Waals surface area contributed by atoms with Gasteiger partial charge in [-0.05, 0) is 24.5 Å². The summed E-state index contributed by atoms with van der Waals surface area (Å²) in [5.74, 6) is 0. The third-order valence-corrected chi connectivity index (χ3v) is 5.30. The normalized spacial score (nSPS) is 12.1. The topological polar surface area (TPSA) is 83.0 Å². The van der Waals surface area contributed by atoms with Crippen LogP contribution in [0.15, 0.2) is 23.4 Å². The molecule has 1 aromatic heterocycles. The molecule has 0 unspecified atom stereocenters. The molecule has 0 amide bonds. The number of nitrogens with one attached hydrogen (secondary N) is 1. The van der Waals surface area contributed by atoms with Gasteiger partial charge in [-0.1, -0.05) is 76.8 Å². The zero-order valence-corrected chi connectivity index (χ0v) is 15.9. The highest BCUT2D eigenvalue weighted by atomic mass is 32.2. The summed E-state index contributed by atoms with van der Waals surface area (Å²) >= 11 is 0. The molecular weight excluding hydrogens is 336 g/mol. The van der Waals surface area contributed by atoms with Crippen molar-refractivity contribution in [2.45, 2.75) is 82.7 Å². The van der Waals surface area contributed by atoms with Gasteiger partial charge in [0.2, 0.25) is 0 Å². The minimum atomic E-state index is -4.29. The van der Waals surface area contributed by atoms with Gasteiger partial charge in [0, 0.05) is 0 Å². The molecule has 2 N–H and O–H groups in total. The number of unbranched alkanes of at least 4 members (excludes halogenated alkanes) is 9. The van der Waals surface area contributed by atoms with Crippen LogP contribution in [0.3, 0.4) is 0 Å². The maximum atomic E-state index is 11.2. The van der Waals surface area contributed by atoms with Crippen molar-refractivity contribution in [1.29, 1.82) is 0 Å². The molecule has 1 aromatic carbocycles. The Labute approximate surface area is 151 Å². The van der Waals surface area contributed by atoms with Crippen molar-refractivity contribution in [3.8, 4) is 0 Å². The molecule has 0 aliphatic rings. The van der Waals surface area contributed by atoms with E-state index in [-0.39, 0.29) is 5.16 Å². The number of imidazole rings is 1. The molecule has 0 spiro atoms. The van der Waals surface area contributed by atoms with Gasteiger partial charge >= 0.3 is 10.1 Å². The Bertz CT molecular complexity index is 753. The second kappa shape index (κ2) is 9.92. The third-order valence-electron chi connectivity index (χ3n) is 4.62. The fraction of sp³-hybridized carbons (Fsp3) is 0.632. The van der Waals surface area contributed by atoms with Crippen LogP contribution >= 0.6 is 0 Å². The molecular formula is C19H30N2O3S. The highest BCUT2D eigenvalue weighted by molar-refractivity contribution is 7.85. The van der Waals surface area contributed by atoms with E-state index in [0.717, 1.165) is 18.4 Å². The van der Waals surface area contributed by atoms with Crippen LogP contribution in [0.5, 0.6) is 0 Å². The van der Waals surface area contributed by atoms with E-state index in [1.54, 1.807) is 6.07 Å². The first-order chi connectivity index (χ1) is 12.0. The summed E-state index contributed by atoms with van der Waals surface area (Å²) in [6.07, 6.45) is 13.8. The van der Waals surface area contributed by atoms with Gasteiger partial charge in [0.05, 0.1) is 11.0 Å². The van der Waals surface area contributed by atoms with Crippen molar-refractivity contribution >= 4 is 21.2 Å². The lowest BCUT2D eigenvalue weighted by atomic mass is 10.0. The molecule has 0 saturated heterocycles. The summed E-state index contributed by atoms with van der Waals surface area (Å²) < 4.78 is 31.6. The molecule has 2 rings (SSSR count). The Morgan fingerprint density at radius 2 is 1.56 bits per heavy atom. The number of aryl methyl sites for hydroxylation is 1. The van der Waals surface area contributed by atoms with E-state index in [2.05, 4.69) is 16.9 Å². The van der Waals surface area contributed by atoms with Crippen molar-refractivity contribution in [2.24, 2.45) is 0 Å². The first kappa shape index (κ1) is 19.9. The Morgan fingerprint density at radius 3 is 2.16 bits per heavy atom. The zero-order chi connectivity index (χ0) is 18.1. The fourth-order valence-corrected chi connectivity index (χ4v) is 3.64. The van der Waals surface area contributed by atoms with Gasteiger partial charge in [0.15, 0.2) is 0 Å². The van der Waals surface area contributed by atoms with Crippen molar-refractivity contribution < 1.29 is 13.0 Å². The van der Waals surface area contributed by atoms with Gasteiger partial charge in [-0.2, -0.15) is 8.42 Å². The van der Waals surface area contributed by atoms with Crippen LogP contribution in [-0.2, 0) is 16.5 Å². The van der Waals surface area contributed by atoms with Crippen LogP contribution in [0.2, 0.25) is 0 Å². The molecule has 0 fully saturated rings. The van der Waals surface area contributed by atoms with E-state index in [0.29, 0.717) is 11.0 Å². The monoisotopic (exact) mass is 366 g/mol. The van der Waals surface area contributed by atoms with Gasteiger partial charge < -0.3 is 4.98 Å². The Kier molecular flexibility index (Phi) is 7.90. The number of benzene rings is 1. The molecule has 0 bridgehead atoms. The quantitative estimate of drug-likeness (QED) is 0.396. The number of aromatic amines is 1. The first-order valence-corrected chi connectivity index (χ1v) is 10.9. The van der Waals surface area contributed by atoms with Crippen LogP contribution in [0, 0.1) is 0 Å². The summed E-state index contributed by atoms with van der Waals surface area (Å²) in [7, 11) is -4.29. The lowest BCUT2D eigenvalue weighted by Crippen LogP contribution is -1.99.